The van der Waals surface area contributed by atoms with Gasteiger partial charge in [0.1, 0.15) is 0 Å². The van der Waals surface area contributed by atoms with Crippen molar-refractivity contribution in [2.24, 2.45) is 0 Å². The molecule has 0 aromatic rings. The van der Waals surface area contributed by atoms with Crippen LogP contribution in [-0.2, 0) is 4.57 Å². The van der Waals surface area contributed by atoms with Crippen LogP contribution in [0.25, 0.3) is 0 Å². The van der Waals surface area contributed by atoms with Crippen LogP contribution in [0.5, 0.6) is 0 Å². The molecule has 74 valence electrons. The molecule has 0 unspecified atom stereocenters. The van der Waals surface area contributed by atoms with Gasteiger partial charge in [-0.3, -0.25) is 0 Å². The summed E-state index contributed by atoms with van der Waals surface area (Å²) >= 11 is 0. The van der Waals surface area contributed by atoms with E-state index in [-0.39, 0.29) is 58.4 Å². The van der Waals surface area contributed by atoms with E-state index in [1.54, 1.807) is 0 Å². The molecule has 0 bridgehead atoms. The molecule has 0 aliphatic heterocycles. The maximum absolute atomic E-state index is 8.88. The van der Waals surface area contributed by atoms with Gasteiger partial charge in [-0.2, -0.15) is 0 Å². The van der Waals surface area contributed by atoms with E-state index in [9.17, 15) is 0 Å². The van der Waals surface area contributed by atoms with Crippen LogP contribution in [0.15, 0.2) is 0 Å². The zero-order valence-electron chi connectivity index (χ0n) is 6.70. The molecule has 0 aromatic heterocycles. The molecule has 11 heavy (non-hydrogen) atoms. The van der Waals surface area contributed by atoms with Crippen LogP contribution in [0, 0.1) is 0 Å². The van der Waals surface area contributed by atoms with Crippen molar-refractivity contribution in [2.45, 2.75) is 0 Å². The summed E-state index contributed by atoms with van der Waals surface area (Å²) in [4.78, 5) is 21.6. The molecule has 0 saturated carbocycles. The topological polar surface area (TPSA) is 235 Å². The van der Waals surface area contributed by atoms with Crippen LogP contribution in [0.2, 0.25) is 0 Å². The number of hydrogen-bond acceptors (Lipinski definition) is 1. The smallest absolute Gasteiger partial charge is 1.00 e. The molecule has 13 N–H and O–H groups in total. The summed E-state index contributed by atoms with van der Waals surface area (Å²) in [5.41, 5.74) is 0. The maximum atomic E-state index is 8.88. The first-order chi connectivity index (χ1) is 2.00. The molecule has 0 radical (unpaired) electrons. The quantitative estimate of drug-likeness (QED) is 0.261. The van der Waals surface area contributed by atoms with Gasteiger partial charge < -0.3 is 43.5 Å². The molecular weight excluding hydrogens is 198 g/mol. The summed E-state index contributed by atoms with van der Waals surface area (Å²) in [6.45, 7) is 0. The Balaban J connectivity index is -0.00000000381. The Morgan fingerprint density at radius 2 is 0.818 bits per heavy atom. The minimum absolute atomic E-state index is 0. The Morgan fingerprint density at radius 1 is 0.818 bits per heavy atom. The van der Waals surface area contributed by atoms with Gasteiger partial charge in [-0.25, -0.2) is 4.57 Å². The van der Waals surface area contributed by atoms with Crippen molar-refractivity contribution in [3.8, 4) is 0 Å². The average molecular weight is 212 g/mol. The zero-order chi connectivity index (χ0) is 4.50. The van der Waals surface area contributed by atoms with E-state index in [1.165, 1.54) is 0 Å². The van der Waals surface area contributed by atoms with Crippen molar-refractivity contribution in [1.29, 1.82) is 0 Å². The van der Waals surface area contributed by atoms with Crippen LogP contribution in [0.3, 0.4) is 0 Å². The summed E-state index contributed by atoms with van der Waals surface area (Å²) in [6.07, 6.45) is 0. The Kier molecular flexibility index (Phi) is 120. The fraction of sp³-hybridized carbons (Fsp3) is 0. The monoisotopic (exact) mass is 212 g/mol. The van der Waals surface area contributed by atoms with Gasteiger partial charge in [-0.1, -0.05) is 0 Å². The van der Waals surface area contributed by atoms with Crippen molar-refractivity contribution >= 4 is 7.82 Å². The van der Waals surface area contributed by atoms with E-state index >= 15 is 0 Å². The molecule has 9 nitrogen and oxygen atoms in total. The number of rotatable bonds is 0. The van der Waals surface area contributed by atoms with Crippen LogP contribution in [-0.4, -0.2) is 42.1 Å². The van der Waals surface area contributed by atoms with E-state index in [0.717, 1.165) is 0 Å². The van der Waals surface area contributed by atoms with Gasteiger partial charge in [-0.15, -0.1) is 0 Å². The molecule has 0 aliphatic carbocycles. The Labute approximate surface area is 85.6 Å². The van der Waals surface area contributed by atoms with Gasteiger partial charge in [0.2, 0.25) is 0 Å². The first-order valence-electron chi connectivity index (χ1n) is 0.783. The third-order valence-corrected chi connectivity index (χ3v) is 0. The second-order valence-corrected chi connectivity index (χ2v) is 1.54. The molecule has 0 fully saturated rings. The Morgan fingerprint density at radius 3 is 0.818 bits per heavy atom. The molecule has 0 amide bonds. The minimum Gasteiger partial charge on any atom is -1.00 e. The predicted octanol–water partition coefficient (Wildman–Crippen LogP) is -7.94. The van der Waals surface area contributed by atoms with Gasteiger partial charge in [0.15, 0.2) is 0 Å². The van der Waals surface area contributed by atoms with E-state index in [2.05, 4.69) is 0 Å². The minimum atomic E-state index is -4.64. The molecule has 11 heteroatoms. The number of phosphoric acid groups is 1. The second-order valence-electron chi connectivity index (χ2n) is 0.513. The Bertz CT molecular complexity index is 60.7. The van der Waals surface area contributed by atoms with Gasteiger partial charge >= 0.3 is 37.4 Å². The van der Waals surface area contributed by atoms with E-state index < -0.39 is 7.82 Å². The van der Waals surface area contributed by atoms with Crippen molar-refractivity contribution < 1.29 is 77.6 Å². The normalized spacial score (nSPS) is 5.36. The van der Waals surface area contributed by atoms with Gasteiger partial charge in [0.05, 0.1) is 0 Å². The van der Waals surface area contributed by atoms with Crippen molar-refractivity contribution in [3.05, 3.63) is 0 Å². The standard InChI is InChI=1S/Na.H3O4P.5H2O.H/c;1-5(2,3)4;;;;;;/h;(H3,1,2,3,4);5*1H2;/q+1;;;;;;;-1. The molecule has 0 heterocycles. The third-order valence-electron chi connectivity index (χ3n) is 0. The van der Waals surface area contributed by atoms with E-state index in [0.29, 0.717) is 0 Å². The fourth-order valence-corrected chi connectivity index (χ4v) is 0. The second kappa shape index (κ2) is 22.4. The van der Waals surface area contributed by atoms with Gasteiger partial charge in [0, 0.05) is 0 Å². The van der Waals surface area contributed by atoms with E-state index in [4.69, 9.17) is 19.2 Å². The molecule has 0 saturated heterocycles. The molecule has 0 rings (SSSR count). The first kappa shape index (κ1) is 58.8. The summed E-state index contributed by atoms with van der Waals surface area (Å²) in [5.74, 6) is 0. The summed E-state index contributed by atoms with van der Waals surface area (Å²) in [7, 11) is -4.64. The molecule has 0 atom stereocenters. The summed E-state index contributed by atoms with van der Waals surface area (Å²) in [5, 5.41) is 0. The van der Waals surface area contributed by atoms with Gasteiger partial charge in [-0.05, 0) is 0 Å². The van der Waals surface area contributed by atoms with Gasteiger partial charge in [0.25, 0.3) is 0 Å². The molecule has 0 aliphatic rings. The zero-order valence-corrected chi connectivity index (χ0v) is 8.59. The van der Waals surface area contributed by atoms with Crippen LogP contribution >= 0.6 is 7.82 Å². The molecule has 0 spiro atoms. The summed E-state index contributed by atoms with van der Waals surface area (Å²) in [6, 6.07) is 0. The summed E-state index contributed by atoms with van der Waals surface area (Å²) < 4.78 is 8.88. The van der Waals surface area contributed by atoms with Crippen LogP contribution in [0.1, 0.15) is 1.43 Å². The van der Waals surface area contributed by atoms with Crippen LogP contribution < -0.4 is 29.6 Å². The van der Waals surface area contributed by atoms with Crippen molar-refractivity contribution in [1.82, 2.24) is 0 Å². The molecule has 0 aromatic carbocycles. The predicted molar refractivity (Wildman–Crippen MR) is 33.4 cm³/mol. The van der Waals surface area contributed by atoms with E-state index in [1.807, 2.05) is 0 Å². The van der Waals surface area contributed by atoms with Crippen LogP contribution in [0.4, 0.5) is 0 Å². The fourth-order valence-electron chi connectivity index (χ4n) is 0. The Hall–Kier alpha value is 0.910. The number of hydrogen-bond donors (Lipinski definition) is 3. The maximum Gasteiger partial charge on any atom is 1.00 e. The SMILES string of the molecule is O.O.O.O.O.O=P(O)(O)O.[H-].[Na+]. The average Bonchev–Trinajstić information content (AvgIpc) is 0.722. The van der Waals surface area contributed by atoms with Crippen molar-refractivity contribution in [3.63, 3.8) is 0 Å². The third kappa shape index (κ3) is 1050. The van der Waals surface area contributed by atoms with Crippen molar-refractivity contribution in [2.75, 3.05) is 0 Å². The molecular formula is H14NaO9P. The first-order valence-corrected chi connectivity index (χ1v) is 2.35. The largest absolute Gasteiger partial charge is 1.00 e.